The van der Waals surface area contributed by atoms with Gasteiger partial charge < -0.3 is 15.5 Å². The molecule has 0 saturated carbocycles. The summed E-state index contributed by atoms with van der Waals surface area (Å²) in [5.74, 6) is 0.315. The minimum atomic E-state index is -0.0670. The SMILES string of the molecule is CN(CC1CCCN1C)C(=O)c1cccc(N)n1. The molecule has 1 aromatic heterocycles. The molecule has 5 heteroatoms. The maximum Gasteiger partial charge on any atom is 0.272 e. The third-order valence-electron chi connectivity index (χ3n) is 3.49. The number of hydrogen-bond donors (Lipinski definition) is 1. The average Bonchev–Trinajstić information content (AvgIpc) is 2.74. The van der Waals surface area contributed by atoms with Crippen LogP contribution in [0.4, 0.5) is 5.82 Å². The predicted molar refractivity (Wildman–Crippen MR) is 71.3 cm³/mol. The first kappa shape index (κ1) is 12.8. The molecule has 1 fully saturated rings. The van der Waals surface area contributed by atoms with E-state index in [-0.39, 0.29) is 5.91 Å². The first-order valence-corrected chi connectivity index (χ1v) is 6.26. The van der Waals surface area contributed by atoms with Crippen molar-refractivity contribution in [3.05, 3.63) is 23.9 Å². The fraction of sp³-hybridized carbons (Fsp3) is 0.538. The standard InChI is InChI=1S/C13H20N4O/c1-16-8-4-5-10(16)9-17(2)13(18)11-6-3-7-12(14)15-11/h3,6-7,10H,4-5,8-9H2,1-2H3,(H2,14,15). The van der Waals surface area contributed by atoms with E-state index in [0.717, 1.165) is 19.5 Å². The Morgan fingerprint density at radius 1 is 1.61 bits per heavy atom. The lowest BCUT2D eigenvalue weighted by molar-refractivity contribution is 0.0756. The molecule has 1 saturated heterocycles. The number of nitrogen functional groups attached to an aromatic ring is 1. The molecule has 18 heavy (non-hydrogen) atoms. The van der Waals surface area contributed by atoms with Crippen LogP contribution in [0.1, 0.15) is 23.3 Å². The summed E-state index contributed by atoms with van der Waals surface area (Å²) in [6, 6.07) is 5.60. The van der Waals surface area contributed by atoms with Crippen molar-refractivity contribution in [1.82, 2.24) is 14.8 Å². The van der Waals surface area contributed by atoms with Gasteiger partial charge in [-0.2, -0.15) is 0 Å². The highest BCUT2D eigenvalue weighted by Gasteiger charge is 2.24. The summed E-state index contributed by atoms with van der Waals surface area (Å²) < 4.78 is 0. The zero-order valence-electron chi connectivity index (χ0n) is 11.0. The van der Waals surface area contributed by atoms with Crippen LogP contribution >= 0.6 is 0 Å². The third kappa shape index (κ3) is 2.79. The van der Waals surface area contributed by atoms with Crippen LogP contribution in [-0.2, 0) is 0 Å². The molecule has 2 rings (SSSR count). The van der Waals surface area contributed by atoms with E-state index in [9.17, 15) is 4.79 Å². The van der Waals surface area contributed by atoms with Gasteiger partial charge in [0.15, 0.2) is 0 Å². The van der Waals surface area contributed by atoms with E-state index >= 15 is 0 Å². The summed E-state index contributed by atoms with van der Waals surface area (Å²) in [5, 5.41) is 0. The molecule has 2 N–H and O–H groups in total. The number of likely N-dealkylation sites (tertiary alicyclic amines) is 1. The summed E-state index contributed by atoms with van der Waals surface area (Å²) in [5.41, 5.74) is 6.01. The van der Waals surface area contributed by atoms with Crippen molar-refractivity contribution in [3.63, 3.8) is 0 Å². The Morgan fingerprint density at radius 2 is 2.39 bits per heavy atom. The normalized spacial score (nSPS) is 20.0. The van der Waals surface area contributed by atoms with Crippen molar-refractivity contribution in [2.45, 2.75) is 18.9 Å². The Kier molecular flexibility index (Phi) is 3.81. The summed E-state index contributed by atoms with van der Waals surface area (Å²) in [4.78, 5) is 20.3. The van der Waals surface area contributed by atoms with Gasteiger partial charge in [0.25, 0.3) is 5.91 Å². The number of nitrogens with two attached hydrogens (primary N) is 1. The first-order chi connectivity index (χ1) is 8.58. The number of carbonyl (C=O) groups excluding carboxylic acids is 1. The van der Waals surface area contributed by atoms with Crippen LogP contribution in [-0.4, -0.2) is 53.9 Å². The number of carbonyl (C=O) groups is 1. The van der Waals surface area contributed by atoms with Crippen molar-refractivity contribution in [2.24, 2.45) is 0 Å². The van der Waals surface area contributed by atoms with Crippen LogP contribution in [0.25, 0.3) is 0 Å². The number of likely N-dealkylation sites (N-methyl/N-ethyl adjacent to an activating group) is 2. The van der Waals surface area contributed by atoms with E-state index < -0.39 is 0 Å². The molecule has 1 unspecified atom stereocenters. The van der Waals surface area contributed by atoms with Gasteiger partial charge in [-0.25, -0.2) is 4.98 Å². The van der Waals surface area contributed by atoms with Gasteiger partial charge in [-0.15, -0.1) is 0 Å². The maximum atomic E-state index is 12.2. The number of pyridine rings is 1. The number of anilines is 1. The third-order valence-corrected chi connectivity index (χ3v) is 3.49. The number of amides is 1. The Labute approximate surface area is 108 Å². The van der Waals surface area contributed by atoms with Gasteiger partial charge in [0.05, 0.1) is 0 Å². The fourth-order valence-corrected chi connectivity index (χ4v) is 2.38. The van der Waals surface area contributed by atoms with Crippen LogP contribution in [0.15, 0.2) is 18.2 Å². The van der Waals surface area contributed by atoms with Crippen LogP contribution in [0.2, 0.25) is 0 Å². The molecule has 0 bridgehead atoms. The van der Waals surface area contributed by atoms with Gasteiger partial charge in [0.1, 0.15) is 11.5 Å². The van der Waals surface area contributed by atoms with Crippen LogP contribution < -0.4 is 5.73 Å². The minimum Gasteiger partial charge on any atom is -0.384 e. The molecule has 1 aromatic rings. The maximum absolute atomic E-state index is 12.2. The second kappa shape index (κ2) is 5.35. The van der Waals surface area contributed by atoms with E-state index in [1.54, 1.807) is 23.1 Å². The Morgan fingerprint density at radius 3 is 3.00 bits per heavy atom. The molecular formula is C13H20N4O. The smallest absolute Gasteiger partial charge is 0.272 e. The van der Waals surface area contributed by atoms with Gasteiger partial charge >= 0.3 is 0 Å². The number of rotatable bonds is 3. The molecule has 0 aromatic carbocycles. The number of aromatic nitrogens is 1. The monoisotopic (exact) mass is 248 g/mol. The fourth-order valence-electron chi connectivity index (χ4n) is 2.38. The van der Waals surface area contributed by atoms with E-state index in [1.807, 2.05) is 7.05 Å². The van der Waals surface area contributed by atoms with Crippen molar-refractivity contribution in [2.75, 3.05) is 32.9 Å². The van der Waals surface area contributed by atoms with Crippen LogP contribution in [0, 0.1) is 0 Å². The first-order valence-electron chi connectivity index (χ1n) is 6.26. The zero-order chi connectivity index (χ0) is 13.1. The van der Waals surface area contributed by atoms with Gasteiger partial charge in [-0.05, 0) is 38.6 Å². The van der Waals surface area contributed by atoms with E-state index in [0.29, 0.717) is 17.6 Å². The number of hydrogen-bond acceptors (Lipinski definition) is 4. The quantitative estimate of drug-likeness (QED) is 0.860. The van der Waals surface area contributed by atoms with Crippen molar-refractivity contribution >= 4 is 11.7 Å². The van der Waals surface area contributed by atoms with Crippen LogP contribution in [0.5, 0.6) is 0 Å². The second-order valence-electron chi connectivity index (χ2n) is 4.91. The highest BCUT2D eigenvalue weighted by molar-refractivity contribution is 5.92. The molecule has 1 atom stereocenters. The summed E-state index contributed by atoms with van der Waals surface area (Å²) in [7, 11) is 3.92. The Balaban J connectivity index is 2.00. The molecule has 98 valence electrons. The van der Waals surface area contributed by atoms with Gasteiger partial charge in [-0.1, -0.05) is 6.07 Å². The van der Waals surface area contributed by atoms with Crippen molar-refractivity contribution in [1.29, 1.82) is 0 Å². The molecule has 1 amide bonds. The van der Waals surface area contributed by atoms with Gasteiger partial charge in [-0.3, -0.25) is 4.79 Å². The molecule has 0 aliphatic carbocycles. The highest BCUT2D eigenvalue weighted by Crippen LogP contribution is 2.16. The highest BCUT2D eigenvalue weighted by atomic mass is 16.2. The summed E-state index contributed by atoms with van der Waals surface area (Å²) in [6.45, 7) is 1.86. The predicted octanol–water partition coefficient (Wildman–Crippen LogP) is 0.830. The summed E-state index contributed by atoms with van der Waals surface area (Å²) >= 11 is 0. The lowest BCUT2D eigenvalue weighted by atomic mass is 10.2. The minimum absolute atomic E-state index is 0.0670. The molecule has 1 aliphatic rings. The molecule has 2 heterocycles. The molecule has 0 radical (unpaired) electrons. The van der Waals surface area contributed by atoms with Gasteiger partial charge in [0, 0.05) is 19.6 Å². The van der Waals surface area contributed by atoms with E-state index in [4.69, 9.17) is 5.73 Å². The van der Waals surface area contributed by atoms with Crippen molar-refractivity contribution < 1.29 is 4.79 Å². The topological polar surface area (TPSA) is 62.5 Å². The van der Waals surface area contributed by atoms with Crippen molar-refractivity contribution in [3.8, 4) is 0 Å². The molecule has 1 aliphatic heterocycles. The lowest BCUT2D eigenvalue weighted by Crippen LogP contribution is -2.39. The van der Waals surface area contributed by atoms with E-state index in [2.05, 4.69) is 16.9 Å². The molecular weight excluding hydrogens is 228 g/mol. The van der Waals surface area contributed by atoms with Gasteiger partial charge in [0.2, 0.25) is 0 Å². The Hall–Kier alpha value is -1.62. The molecule has 0 spiro atoms. The summed E-state index contributed by atoms with van der Waals surface area (Å²) in [6.07, 6.45) is 2.36. The molecule has 5 nitrogen and oxygen atoms in total. The van der Waals surface area contributed by atoms with Crippen LogP contribution in [0.3, 0.4) is 0 Å². The van der Waals surface area contributed by atoms with E-state index in [1.165, 1.54) is 6.42 Å². The zero-order valence-corrected chi connectivity index (χ0v) is 11.0. The second-order valence-corrected chi connectivity index (χ2v) is 4.91. The number of nitrogens with zero attached hydrogens (tertiary/aromatic N) is 3. The average molecular weight is 248 g/mol. The Bertz CT molecular complexity index is 435. The lowest BCUT2D eigenvalue weighted by Gasteiger charge is -2.25. The largest absolute Gasteiger partial charge is 0.384 e.